The lowest BCUT2D eigenvalue weighted by molar-refractivity contribution is 0.0697. The number of carboxylic acid groups (broad SMARTS) is 1. The summed E-state index contributed by atoms with van der Waals surface area (Å²) in [6.45, 7) is 2.11. The van der Waals surface area contributed by atoms with Gasteiger partial charge < -0.3 is 10.4 Å². The molecule has 0 heterocycles. The van der Waals surface area contributed by atoms with Gasteiger partial charge in [-0.1, -0.05) is 13.3 Å². The van der Waals surface area contributed by atoms with E-state index in [0.717, 1.165) is 25.3 Å². The molecule has 1 aliphatic carbocycles. The standard InChI is InChI=1S/C13H18N2O4S/c1-2-3-8-6-12(8)15-11-5-4-9(20(14,18)19)7-10(11)13(16)17/h4-5,7-8,12,15H,2-3,6H2,1H3,(H,16,17)(H2,14,18,19). The van der Waals surface area contributed by atoms with E-state index in [9.17, 15) is 18.3 Å². The highest BCUT2D eigenvalue weighted by molar-refractivity contribution is 7.89. The summed E-state index contributed by atoms with van der Waals surface area (Å²) < 4.78 is 22.5. The highest BCUT2D eigenvalue weighted by atomic mass is 32.2. The van der Waals surface area contributed by atoms with Crippen LogP contribution in [0.5, 0.6) is 0 Å². The maximum Gasteiger partial charge on any atom is 0.337 e. The molecule has 1 fully saturated rings. The van der Waals surface area contributed by atoms with Crippen LogP contribution in [-0.4, -0.2) is 25.5 Å². The number of hydrogen-bond acceptors (Lipinski definition) is 4. The van der Waals surface area contributed by atoms with Crippen LogP contribution in [0.1, 0.15) is 36.5 Å². The van der Waals surface area contributed by atoms with Gasteiger partial charge in [0, 0.05) is 11.7 Å². The Kier molecular flexibility index (Phi) is 4.01. The molecule has 6 nitrogen and oxygen atoms in total. The van der Waals surface area contributed by atoms with Crippen molar-refractivity contribution in [1.29, 1.82) is 0 Å². The second-order valence-corrected chi connectivity index (χ2v) is 6.65. The molecule has 0 amide bonds. The largest absolute Gasteiger partial charge is 0.478 e. The molecule has 2 unspecified atom stereocenters. The molecule has 20 heavy (non-hydrogen) atoms. The summed E-state index contributed by atoms with van der Waals surface area (Å²) >= 11 is 0. The Hall–Kier alpha value is -1.60. The van der Waals surface area contributed by atoms with Crippen LogP contribution < -0.4 is 10.5 Å². The number of rotatable bonds is 6. The van der Waals surface area contributed by atoms with Gasteiger partial charge in [-0.2, -0.15) is 0 Å². The lowest BCUT2D eigenvalue weighted by Gasteiger charge is -2.10. The summed E-state index contributed by atoms with van der Waals surface area (Å²) in [5, 5.41) is 17.4. The van der Waals surface area contributed by atoms with Crippen molar-refractivity contribution >= 4 is 21.7 Å². The predicted molar refractivity (Wildman–Crippen MR) is 75.2 cm³/mol. The molecule has 7 heteroatoms. The van der Waals surface area contributed by atoms with Gasteiger partial charge in [-0.15, -0.1) is 0 Å². The molecule has 0 radical (unpaired) electrons. The minimum Gasteiger partial charge on any atom is -0.478 e. The first-order valence-electron chi connectivity index (χ1n) is 6.49. The number of hydrogen-bond donors (Lipinski definition) is 3. The van der Waals surface area contributed by atoms with Gasteiger partial charge in [0.05, 0.1) is 10.5 Å². The molecule has 4 N–H and O–H groups in total. The number of nitrogens with one attached hydrogen (secondary N) is 1. The smallest absolute Gasteiger partial charge is 0.337 e. The number of primary sulfonamides is 1. The van der Waals surface area contributed by atoms with E-state index in [0.29, 0.717) is 11.6 Å². The zero-order valence-electron chi connectivity index (χ0n) is 11.2. The normalized spacial score (nSPS) is 21.5. The van der Waals surface area contributed by atoms with Gasteiger partial charge in [-0.3, -0.25) is 0 Å². The fourth-order valence-corrected chi connectivity index (χ4v) is 2.86. The Bertz CT molecular complexity index is 627. The first kappa shape index (κ1) is 14.8. The molecule has 110 valence electrons. The van der Waals surface area contributed by atoms with Gasteiger partial charge in [0.1, 0.15) is 0 Å². The predicted octanol–water partition coefficient (Wildman–Crippen LogP) is 1.63. The summed E-state index contributed by atoms with van der Waals surface area (Å²) in [7, 11) is -3.90. The summed E-state index contributed by atoms with van der Waals surface area (Å²) in [4.78, 5) is 11.0. The van der Waals surface area contributed by atoms with Crippen molar-refractivity contribution in [3.8, 4) is 0 Å². The zero-order valence-corrected chi connectivity index (χ0v) is 12.0. The van der Waals surface area contributed by atoms with Crippen LogP contribution in [-0.2, 0) is 10.0 Å². The van der Waals surface area contributed by atoms with Gasteiger partial charge in [0.2, 0.25) is 10.0 Å². The average molecular weight is 298 g/mol. The van der Waals surface area contributed by atoms with Crippen LogP contribution in [0.15, 0.2) is 23.1 Å². The molecule has 0 spiro atoms. The van der Waals surface area contributed by atoms with Crippen molar-refractivity contribution in [2.45, 2.75) is 37.1 Å². The lowest BCUT2D eigenvalue weighted by Crippen LogP contribution is -2.15. The van der Waals surface area contributed by atoms with Crippen LogP contribution >= 0.6 is 0 Å². The van der Waals surface area contributed by atoms with Crippen molar-refractivity contribution in [2.24, 2.45) is 11.1 Å². The third-order valence-electron chi connectivity index (χ3n) is 3.47. The maximum atomic E-state index is 11.3. The van der Waals surface area contributed by atoms with E-state index in [1.807, 2.05) is 0 Å². The average Bonchev–Trinajstić information content (AvgIpc) is 3.06. The van der Waals surface area contributed by atoms with Gasteiger partial charge >= 0.3 is 5.97 Å². The number of anilines is 1. The first-order chi connectivity index (χ1) is 9.32. The van der Waals surface area contributed by atoms with Gasteiger partial charge in [0.25, 0.3) is 0 Å². The number of benzene rings is 1. The second kappa shape index (κ2) is 5.41. The van der Waals surface area contributed by atoms with E-state index >= 15 is 0 Å². The lowest BCUT2D eigenvalue weighted by atomic mass is 10.1. The second-order valence-electron chi connectivity index (χ2n) is 5.09. The van der Waals surface area contributed by atoms with Crippen LogP contribution in [0, 0.1) is 5.92 Å². The van der Waals surface area contributed by atoms with Crippen LogP contribution in [0.4, 0.5) is 5.69 Å². The fourth-order valence-electron chi connectivity index (χ4n) is 2.32. The molecular formula is C13H18N2O4S. The van der Waals surface area contributed by atoms with Gasteiger partial charge in [0.15, 0.2) is 0 Å². The Labute approximate surface area is 118 Å². The third-order valence-corrected chi connectivity index (χ3v) is 4.38. The highest BCUT2D eigenvalue weighted by Crippen LogP contribution is 2.38. The highest BCUT2D eigenvalue weighted by Gasteiger charge is 2.36. The summed E-state index contributed by atoms with van der Waals surface area (Å²) in [5.41, 5.74) is 0.368. The number of sulfonamides is 1. The molecule has 1 aromatic rings. The molecule has 0 aliphatic heterocycles. The van der Waals surface area contributed by atoms with Crippen LogP contribution in [0.2, 0.25) is 0 Å². The molecule has 0 bridgehead atoms. The number of carboxylic acids is 1. The number of aromatic carboxylic acids is 1. The van der Waals surface area contributed by atoms with Crippen LogP contribution in [0.25, 0.3) is 0 Å². The minimum absolute atomic E-state index is 0.0707. The monoisotopic (exact) mass is 298 g/mol. The van der Waals surface area contributed by atoms with E-state index in [-0.39, 0.29) is 16.5 Å². The molecule has 2 atom stereocenters. The van der Waals surface area contributed by atoms with Gasteiger partial charge in [-0.05, 0) is 37.0 Å². The molecular weight excluding hydrogens is 280 g/mol. The van der Waals surface area contributed by atoms with Crippen molar-refractivity contribution < 1.29 is 18.3 Å². The Morgan fingerprint density at radius 3 is 2.75 bits per heavy atom. The zero-order chi connectivity index (χ0) is 14.9. The topological polar surface area (TPSA) is 109 Å². The van der Waals surface area contributed by atoms with Crippen molar-refractivity contribution in [3.05, 3.63) is 23.8 Å². The van der Waals surface area contributed by atoms with E-state index in [1.54, 1.807) is 0 Å². The summed E-state index contributed by atoms with van der Waals surface area (Å²) in [6, 6.07) is 4.15. The maximum absolute atomic E-state index is 11.3. The van der Waals surface area contributed by atoms with E-state index in [1.165, 1.54) is 12.1 Å². The Morgan fingerprint density at radius 2 is 2.20 bits per heavy atom. The number of carbonyl (C=O) groups is 1. The molecule has 0 saturated heterocycles. The van der Waals surface area contributed by atoms with Crippen LogP contribution in [0.3, 0.4) is 0 Å². The number of nitrogens with two attached hydrogens (primary N) is 1. The quantitative estimate of drug-likeness (QED) is 0.739. The van der Waals surface area contributed by atoms with Gasteiger partial charge in [-0.25, -0.2) is 18.4 Å². The molecule has 1 aromatic carbocycles. The third kappa shape index (κ3) is 3.29. The molecule has 1 aliphatic rings. The molecule has 1 saturated carbocycles. The fraction of sp³-hybridized carbons (Fsp3) is 0.462. The van der Waals surface area contributed by atoms with Crippen molar-refractivity contribution in [3.63, 3.8) is 0 Å². The van der Waals surface area contributed by atoms with E-state index in [2.05, 4.69) is 12.2 Å². The minimum atomic E-state index is -3.90. The SMILES string of the molecule is CCCC1CC1Nc1ccc(S(N)(=O)=O)cc1C(=O)O. The molecule has 0 aromatic heterocycles. The Balaban J connectivity index is 2.23. The Morgan fingerprint density at radius 1 is 1.50 bits per heavy atom. The summed E-state index contributed by atoms with van der Waals surface area (Å²) in [5.74, 6) is -0.606. The van der Waals surface area contributed by atoms with E-state index < -0.39 is 16.0 Å². The van der Waals surface area contributed by atoms with Crippen molar-refractivity contribution in [2.75, 3.05) is 5.32 Å². The van der Waals surface area contributed by atoms with Crippen molar-refractivity contribution in [1.82, 2.24) is 0 Å². The summed E-state index contributed by atoms with van der Waals surface area (Å²) in [6.07, 6.45) is 3.22. The molecule has 2 rings (SSSR count). The first-order valence-corrected chi connectivity index (χ1v) is 8.04. The van der Waals surface area contributed by atoms with E-state index in [4.69, 9.17) is 5.14 Å².